The number of fused-ring (bicyclic) bond motifs is 1. The summed E-state index contributed by atoms with van der Waals surface area (Å²) in [5.41, 5.74) is -0.0822. The van der Waals surface area contributed by atoms with Gasteiger partial charge in [0.15, 0.2) is 0 Å². The molecule has 0 aliphatic carbocycles. The lowest BCUT2D eigenvalue weighted by Gasteiger charge is -2.49. The Morgan fingerprint density at radius 2 is 1.85 bits per heavy atom. The zero-order valence-electron chi connectivity index (χ0n) is 14.1. The molecule has 2 aliphatic heterocycles. The van der Waals surface area contributed by atoms with Crippen molar-refractivity contribution in [3.8, 4) is 5.75 Å². The van der Waals surface area contributed by atoms with E-state index in [2.05, 4.69) is 0 Å². The number of carbonyl (C=O) groups is 2. The fourth-order valence-corrected chi connectivity index (χ4v) is 3.68. The molecule has 134 valence electrons. The number of imide groups is 1. The first-order chi connectivity index (χ1) is 12.4. The van der Waals surface area contributed by atoms with E-state index in [1.165, 1.54) is 9.80 Å². The van der Waals surface area contributed by atoms with Gasteiger partial charge in [-0.1, -0.05) is 23.7 Å². The molecular formula is C19H17ClN2O4. The van der Waals surface area contributed by atoms with E-state index in [4.69, 9.17) is 16.3 Å². The van der Waals surface area contributed by atoms with Crippen molar-refractivity contribution in [3.05, 3.63) is 64.7 Å². The minimum Gasteiger partial charge on any atom is -0.497 e. The number of methoxy groups -OCH3 is 1. The number of ether oxygens (including phenoxy) is 1. The van der Waals surface area contributed by atoms with Crippen LogP contribution in [0.15, 0.2) is 48.5 Å². The van der Waals surface area contributed by atoms with Gasteiger partial charge in [0.05, 0.1) is 26.2 Å². The average molecular weight is 373 g/mol. The van der Waals surface area contributed by atoms with Gasteiger partial charge in [0.2, 0.25) is 0 Å². The van der Waals surface area contributed by atoms with E-state index in [1.807, 2.05) is 0 Å². The minimum absolute atomic E-state index is 0.142. The quantitative estimate of drug-likeness (QED) is 0.898. The Bertz CT molecular complexity index is 868. The Morgan fingerprint density at radius 1 is 1.19 bits per heavy atom. The van der Waals surface area contributed by atoms with Gasteiger partial charge >= 0.3 is 6.03 Å². The van der Waals surface area contributed by atoms with Gasteiger partial charge in [-0.3, -0.25) is 9.69 Å². The highest BCUT2D eigenvalue weighted by molar-refractivity contribution is 6.30. The number of hydrogen-bond donors (Lipinski definition) is 1. The third-order valence-electron chi connectivity index (χ3n) is 5.10. The Hall–Kier alpha value is -2.57. The number of nitrogens with zero attached hydrogens (tertiary/aromatic N) is 2. The first kappa shape index (κ1) is 16.9. The molecule has 2 aromatic rings. The van der Waals surface area contributed by atoms with Crippen LogP contribution in [-0.2, 0) is 5.60 Å². The largest absolute Gasteiger partial charge is 0.497 e. The van der Waals surface area contributed by atoms with Crippen LogP contribution in [0.5, 0.6) is 5.75 Å². The van der Waals surface area contributed by atoms with Crippen molar-refractivity contribution in [2.24, 2.45) is 0 Å². The lowest BCUT2D eigenvalue weighted by atomic mass is 9.79. The second-order valence-electron chi connectivity index (χ2n) is 6.50. The monoisotopic (exact) mass is 372 g/mol. The molecule has 0 spiro atoms. The minimum atomic E-state index is -1.17. The molecule has 2 saturated heterocycles. The summed E-state index contributed by atoms with van der Waals surface area (Å²) in [6.45, 7) is 0.299. The SMILES string of the molecule is COc1ccc(C(=O)N2C[C@@H]3N(C[C@]3(O)c3ccc(Cl)cc3)C2=O)cc1. The molecule has 0 bridgehead atoms. The van der Waals surface area contributed by atoms with Crippen LogP contribution in [0.2, 0.25) is 5.02 Å². The van der Waals surface area contributed by atoms with Crippen LogP contribution in [-0.4, -0.2) is 53.1 Å². The fourth-order valence-electron chi connectivity index (χ4n) is 3.56. The van der Waals surface area contributed by atoms with E-state index in [0.717, 1.165) is 0 Å². The summed E-state index contributed by atoms with van der Waals surface area (Å²) in [5.74, 6) is 0.251. The average Bonchev–Trinajstić information content (AvgIpc) is 2.93. The van der Waals surface area contributed by atoms with E-state index >= 15 is 0 Å². The Morgan fingerprint density at radius 3 is 2.46 bits per heavy atom. The van der Waals surface area contributed by atoms with Crippen molar-refractivity contribution in [1.29, 1.82) is 0 Å². The summed E-state index contributed by atoms with van der Waals surface area (Å²) in [4.78, 5) is 28.0. The van der Waals surface area contributed by atoms with Gasteiger partial charge in [-0.25, -0.2) is 4.79 Å². The topological polar surface area (TPSA) is 70.1 Å². The van der Waals surface area contributed by atoms with Crippen LogP contribution < -0.4 is 4.74 Å². The summed E-state index contributed by atoms with van der Waals surface area (Å²) in [5, 5.41) is 11.6. The van der Waals surface area contributed by atoms with Crippen molar-refractivity contribution in [1.82, 2.24) is 9.80 Å². The van der Waals surface area contributed by atoms with Crippen molar-refractivity contribution >= 4 is 23.5 Å². The van der Waals surface area contributed by atoms with Gasteiger partial charge in [0.25, 0.3) is 5.91 Å². The molecule has 2 aromatic carbocycles. The summed E-state index contributed by atoms with van der Waals surface area (Å²) < 4.78 is 5.08. The van der Waals surface area contributed by atoms with Crippen molar-refractivity contribution in [2.75, 3.05) is 20.2 Å². The van der Waals surface area contributed by atoms with E-state index in [-0.39, 0.29) is 25.0 Å². The maximum Gasteiger partial charge on any atom is 0.327 e. The molecule has 26 heavy (non-hydrogen) atoms. The molecule has 7 heteroatoms. The van der Waals surface area contributed by atoms with E-state index in [0.29, 0.717) is 21.9 Å². The molecule has 0 radical (unpaired) electrons. The lowest BCUT2D eigenvalue weighted by molar-refractivity contribution is -0.119. The molecule has 0 unspecified atom stereocenters. The van der Waals surface area contributed by atoms with Crippen LogP contribution in [0.25, 0.3) is 0 Å². The van der Waals surface area contributed by atoms with Crippen molar-refractivity contribution in [3.63, 3.8) is 0 Å². The number of aliphatic hydroxyl groups is 1. The number of amides is 3. The summed E-state index contributed by atoms with van der Waals surface area (Å²) in [7, 11) is 1.55. The standard InChI is InChI=1S/C19H17ClN2O4/c1-26-15-8-2-12(3-9-15)17(23)21-10-16-19(25,11-22(16)18(21)24)13-4-6-14(20)7-5-13/h2-9,16,25H,10-11H2,1H3/t16-,19-/m0/s1. The lowest BCUT2D eigenvalue weighted by Crippen LogP contribution is -2.66. The zero-order chi connectivity index (χ0) is 18.5. The number of benzene rings is 2. The zero-order valence-corrected chi connectivity index (χ0v) is 14.8. The van der Waals surface area contributed by atoms with Crippen LogP contribution in [0.4, 0.5) is 4.79 Å². The molecule has 2 aliphatic rings. The normalized spacial score (nSPS) is 24.3. The van der Waals surface area contributed by atoms with Gasteiger partial charge in [0, 0.05) is 10.6 Å². The Kier molecular flexibility index (Phi) is 3.89. The molecule has 6 nitrogen and oxygen atoms in total. The first-order valence-corrected chi connectivity index (χ1v) is 8.57. The molecule has 4 rings (SSSR count). The summed E-state index contributed by atoms with van der Waals surface area (Å²) in [6.07, 6.45) is 0. The molecule has 2 heterocycles. The maximum absolute atomic E-state index is 12.7. The van der Waals surface area contributed by atoms with Crippen LogP contribution in [0.1, 0.15) is 15.9 Å². The highest BCUT2D eigenvalue weighted by Gasteiger charge is 2.61. The third-order valence-corrected chi connectivity index (χ3v) is 5.35. The fraction of sp³-hybridized carbons (Fsp3) is 0.263. The Labute approximate surface area is 155 Å². The predicted octanol–water partition coefficient (Wildman–Crippen LogP) is 2.50. The number of urea groups is 1. The number of hydrogen-bond acceptors (Lipinski definition) is 4. The second kappa shape index (κ2) is 6.00. The predicted molar refractivity (Wildman–Crippen MR) is 95.3 cm³/mol. The van der Waals surface area contributed by atoms with Gasteiger partial charge in [-0.2, -0.15) is 0 Å². The molecule has 2 atom stereocenters. The van der Waals surface area contributed by atoms with Crippen LogP contribution in [0, 0.1) is 0 Å². The molecule has 0 saturated carbocycles. The van der Waals surface area contributed by atoms with Gasteiger partial charge < -0.3 is 14.7 Å². The smallest absolute Gasteiger partial charge is 0.327 e. The van der Waals surface area contributed by atoms with E-state index in [9.17, 15) is 14.7 Å². The van der Waals surface area contributed by atoms with Crippen LogP contribution in [0.3, 0.4) is 0 Å². The third kappa shape index (κ3) is 2.45. The molecular weight excluding hydrogens is 356 g/mol. The number of carbonyl (C=O) groups excluding carboxylic acids is 2. The molecule has 2 fully saturated rings. The van der Waals surface area contributed by atoms with Crippen molar-refractivity contribution in [2.45, 2.75) is 11.6 Å². The molecule has 0 aromatic heterocycles. The number of rotatable bonds is 3. The Balaban J connectivity index is 1.55. The van der Waals surface area contributed by atoms with E-state index in [1.54, 1.807) is 55.6 Å². The summed E-state index contributed by atoms with van der Waals surface area (Å²) >= 11 is 5.90. The highest BCUT2D eigenvalue weighted by atomic mass is 35.5. The molecule has 1 N–H and O–H groups in total. The van der Waals surface area contributed by atoms with Crippen LogP contribution >= 0.6 is 11.6 Å². The number of halogens is 1. The maximum atomic E-state index is 12.7. The summed E-state index contributed by atoms with van der Waals surface area (Å²) in [6, 6.07) is 12.6. The van der Waals surface area contributed by atoms with Gasteiger partial charge in [-0.05, 0) is 42.0 Å². The van der Waals surface area contributed by atoms with Gasteiger partial charge in [0.1, 0.15) is 11.4 Å². The second-order valence-corrected chi connectivity index (χ2v) is 6.94. The molecule has 3 amide bonds. The van der Waals surface area contributed by atoms with Crippen molar-refractivity contribution < 1.29 is 19.4 Å². The van der Waals surface area contributed by atoms with E-state index < -0.39 is 11.6 Å². The first-order valence-electron chi connectivity index (χ1n) is 8.19. The highest BCUT2D eigenvalue weighted by Crippen LogP contribution is 2.43. The van der Waals surface area contributed by atoms with Gasteiger partial charge in [-0.15, -0.1) is 0 Å².